The topological polar surface area (TPSA) is 50.4 Å². The number of nitrogens with zero attached hydrogens (tertiary/aromatic N) is 2. The number of rotatable bonds is 3. The lowest BCUT2D eigenvalue weighted by Gasteiger charge is -2.40. The fourth-order valence-electron chi connectivity index (χ4n) is 3.64. The molecule has 1 N–H and O–H groups in total. The average molecular weight is 364 g/mol. The smallest absolute Gasteiger partial charge is 0.170 e. The Morgan fingerprint density at radius 3 is 2.68 bits per heavy atom. The third kappa shape index (κ3) is 1.93. The number of ether oxygens (including phenoxy) is 2. The lowest BCUT2D eigenvalue weighted by Crippen LogP contribution is -2.38. The number of aromatic nitrogens is 2. The van der Waals surface area contributed by atoms with Crippen LogP contribution in [-0.4, -0.2) is 37.5 Å². The molecule has 0 amide bonds. The van der Waals surface area contributed by atoms with E-state index < -0.39 is 0 Å². The number of hydrogen-bond donors (Lipinski definition) is 1. The summed E-state index contributed by atoms with van der Waals surface area (Å²) in [6.45, 7) is 2.22. The van der Waals surface area contributed by atoms with Gasteiger partial charge in [-0.25, -0.2) is 0 Å². The molecule has 5 nitrogen and oxygen atoms in total. The Kier molecular flexibility index (Phi) is 3.29. The van der Waals surface area contributed by atoms with Gasteiger partial charge in [-0.15, -0.1) is 0 Å². The third-order valence-corrected chi connectivity index (χ3v) is 5.14. The summed E-state index contributed by atoms with van der Waals surface area (Å²) in [5, 5.41) is 7.87. The molecule has 1 fully saturated rings. The molecule has 1 aromatic heterocycles. The van der Waals surface area contributed by atoms with E-state index in [1.807, 2.05) is 12.1 Å². The van der Waals surface area contributed by atoms with Crippen LogP contribution in [0.4, 0.5) is 5.69 Å². The summed E-state index contributed by atoms with van der Waals surface area (Å²) >= 11 is 3.55. The van der Waals surface area contributed by atoms with Gasteiger partial charge in [0.05, 0.1) is 31.2 Å². The van der Waals surface area contributed by atoms with Crippen molar-refractivity contribution in [1.29, 1.82) is 0 Å². The standard InChI is InChI=1S/C16H18BrN3O2/c1-21-12-8-10(17)7-11(16(12)22-2)14-15-13(18-19-14)9-3-5-20(15)6-4-9/h7-9H,3-6H2,1-2H3,(H,18,19). The largest absolute Gasteiger partial charge is 0.493 e. The minimum absolute atomic E-state index is 0.612. The predicted molar refractivity (Wildman–Crippen MR) is 89.0 cm³/mol. The molecule has 6 heteroatoms. The Hall–Kier alpha value is -1.69. The normalized spacial score (nSPS) is 16.8. The Morgan fingerprint density at radius 1 is 1.23 bits per heavy atom. The van der Waals surface area contributed by atoms with E-state index in [-0.39, 0.29) is 0 Å². The van der Waals surface area contributed by atoms with Crippen molar-refractivity contribution in [3.05, 3.63) is 22.3 Å². The number of halogens is 1. The summed E-state index contributed by atoms with van der Waals surface area (Å²) in [5.41, 5.74) is 4.42. The highest BCUT2D eigenvalue weighted by molar-refractivity contribution is 9.10. The van der Waals surface area contributed by atoms with E-state index in [0.717, 1.165) is 34.6 Å². The van der Waals surface area contributed by atoms with Gasteiger partial charge in [0, 0.05) is 23.5 Å². The summed E-state index contributed by atoms with van der Waals surface area (Å²) < 4.78 is 12.0. The van der Waals surface area contributed by atoms with E-state index in [9.17, 15) is 0 Å². The molecular weight excluding hydrogens is 346 g/mol. The zero-order chi connectivity index (χ0) is 15.3. The highest BCUT2D eigenvalue weighted by atomic mass is 79.9. The average Bonchev–Trinajstić information content (AvgIpc) is 3.02. The van der Waals surface area contributed by atoms with E-state index in [1.54, 1.807) is 14.2 Å². The predicted octanol–water partition coefficient (Wildman–Crippen LogP) is 3.55. The SMILES string of the molecule is COc1cc(Br)cc(-c2n[nH]c3c2N2CCC3CC2)c1OC. The van der Waals surface area contributed by atoms with Crippen molar-refractivity contribution in [1.82, 2.24) is 10.2 Å². The number of H-pyrrole nitrogens is 1. The first-order valence-corrected chi connectivity index (χ1v) is 8.27. The van der Waals surface area contributed by atoms with Crippen LogP contribution < -0.4 is 14.4 Å². The van der Waals surface area contributed by atoms with Crippen LogP contribution in [0, 0.1) is 0 Å². The van der Waals surface area contributed by atoms with Gasteiger partial charge in [-0.1, -0.05) is 15.9 Å². The van der Waals surface area contributed by atoms with E-state index >= 15 is 0 Å². The van der Waals surface area contributed by atoms with Crippen LogP contribution in [0.5, 0.6) is 11.5 Å². The molecule has 1 aromatic carbocycles. The molecule has 1 saturated heterocycles. The van der Waals surface area contributed by atoms with Crippen molar-refractivity contribution >= 4 is 21.6 Å². The second-order valence-electron chi connectivity index (χ2n) is 5.78. The van der Waals surface area contributed by atoms with E-state index in [1.165, 1.54) is 24.2 Å². The van der Waals surface area contributed by atoms with E-state index in [0.29, 0.717) is 11.7 Å². The van der Waals surface area contributed by atoms with Gasteiger partial charge in [0.15, 0.2) is 11.5 Å². The van der Waals surface area contributed by atoms with Gasteiger partial charge in [0.25, 0.3) is 0 Å². The number of methoxy groups -OCH3 is 2. The van der Waals surface area contributed by atoms with Crippen molar-refractivity contribution < 1.29 is 9.47 Å². The van der Waals surface area contributed by atoms with Crippen molar-refractivity contribution in [3.8, 4) is 22.8 Å². The maximum Gasteiger partial charge on any atom is 0.170 e. The summed E-state index contributed by atoms with van der Waals surface area (Å²) in [5.74, 6) is 2.04. The zero-order valence-corrected chi connectivity index (χ0v) is 14.2. The Labute approximate surface area is 137 Å². The molecule has 0 aliphatic carbocycles. The molecule has 0 unspecified atom stereocenters. The van der Waals surface area contributed by atoms with Gasteiger partial charge in [0.2, 0.25) is 0 Å². The van der Waals surface area contributed by atoms with Crippen molar-refractivity contribution in [2.75, 3.05) is 32.2 Å². The van der Waals surface area contributed by atoms with Crippen LogP contribution in [0.1, 0.15) is 24.5 Å². The molecule has 3 aliphatic rings. The van der Waals surface area contributed by atoms with Crippen molar-refractivity contribution in [3.63, 3.8) is 0 Å². The summed E-state index contributed by atoms with van der Waals surface area (Å²) in [6.07, 6.45) is 2.43. The molecule has 2 aromatic rings. The van der Waals surface area contributed by atoms with Gasteiger partial charge in [-0.3, -0.25) is 5.10 Å². The fraction of sp³-hybridized carbons (Fsp3) is 0.438. The van der Waals surface area contributed by atoms with Crippen LogP contribution in [0.25, 0.3) is 11.3 Å². The van der Waals surface area contributed by atoms with E-state index in [2.05, 4.69) is 31.0 Å². The van der Waals surface area contributed by atoms with Crippen LogP contribution in [-0.2, 0) is 0 Å². The highest BCUT2D eigenvalue weighted by Crippen LogP contribution is 2.49. The summed E-state index contributed by atoms with van der Waals surface area (Å²) in [6, 6.07) is 3.95. The molecule has 0 saturated carbocycles. The maximum absolute atomic E-state index is 5.60. The van der Waals surface area contributed by atoms with Gasteiger partial charge in [-0.2, -0.15) is 5.10 Å². The Morgan fingerprint density at radius 2 is 2.00 bits per heavy atom. The van der Waals surface area contributed by atoms with Crippen LogP contribution in [0.3, 0.4) is 0 Å². The maximum atomic E-state index is 5.60. The lowest BCUT2D eigenvalue weighted by atomic mass is 9.86. The van der Waals surface area contributed by atoms with Crippen LogP contribution >= 0.6 is 15.9 Å². The molecule has 0 atom stereocenters. The van der Waals surface area contributed by atoms with Gasteiger partial charge in [0.1, 0.15) is 5.69 Å². The minimum Gasteiger partial charge on any atom is -0.493 e. The Balaban J connectivity index is 1.92. The lowest BCUT2D eigenvalue weighted by molar-refractivity contribution is 0.356. The Bertz CT molecular complexity index is 720. The molecule has 5 rings (SSSR count). The second kappa shape index (κ2) is 5.19. The van der Waals surface area contributed by atoms with E-state index in [4.69, 9.17) is 9.47 Å². The zero-order valence-electron chi connectivity index (χ0n) is 12.6. The molecule has 116 valence electrons. The van der Waals surface area contributed by atoms with Crippen molar-refractivity contribution in [2.45, 2.75) is 18.8 Å². The summed E-state index contributed by atoms with van der Waals surface area (Å²) in [7, 11) is 3.32. The van der Waals surface area contributed by atoms with Gasteiger partial charge in [-0.05, 0) is 25.0 Å². The van der Waals surface area contributed by atoms with Crippen molar-refractivity contribution in [2.24, 2.45) is 0 Å². The highest BCUT2D eigenvalue weighted by Gasteiger charge is 2.36. The van der Waals surface area contributed by atoms with Gasteiger partial charge >= 0.3 is 0 Å². The second-order valence-corrected chi connectivity index (χ2v) is 6.70. The molecule has 0 radical (unpaired) electrons. The first-order chi connectivity index (χ1) is 10.7. The molecule has 3 aliphatic heterocycles. The minimum atomic E-state index is 0.612. The molecule has 0 spiro atoms. The number of nitrogens with one attached hydrogen (secondary N) is 1. The molecule has 4 heterocycles. The number of piperidine rings is 1. The fourth-order valence-corrected chi connectivity index (χ4v) is 4.08. The molecule has 2 bridgehead atoms. The monoisotopic (exact) mass is 363 g/mol. The number of anilines is 1. The quantitative estimate of drug-likeness (QED) is 0.905. The van der Waals surface area contributed by atoms with Crippen LogP contribution in [0.2, 0.25) is 0 Å². The number of fused-ring (bicyclic) bond motifs is 2. The molecular formula is C16H18BrN3O2. The number of aromatic amines is 1. The summed E-state index contributed by atoms with van der Waals surface area (Å²) in [4.78, 5) is 2.43. The third-order valence-electron chi connectivity index (χ3n) is 4.69. The van der Waals surface area contributed by atoms with Gasteiger partial charge < -0.3 is 14.4 Å². The van der Waals surface area contributed by atoms with Crippen LogP contribution in [0.15, 0.2) is 16.6 Å². The molecule has 22 heavy (non-hydrogen) atoms. The first-order valence-electron chi connectivity index (χ1n) is 7.48. The number of hydrogen-bond acceptors (Lipinski definition) is 4. The number of benzene rings is 1. The first kappa shape index (κ1) is 13.9.